The molecule has 1 saturated carbocycles. The molecule has 0 aliphatic heterocycles. The quantitative estimate of drug-likeness (QED) is 0.0167. The number of aliphatic hydroxyl groups is 5. The highest BCUT2D eigenvalue weighted by Gasteiger charge is 2.51. The van der Waals surface area contributed by atoms with Crippen LogP contribution in [0.1, 0.15) is 104 Å². The lowest BCUT2D eigenvalue weighted by Gasteiger charge is -2.41. The van der Waals surface area contributed by atoms with Gasteiger partial charge < -0.3 is 39.9 Å². The van der Waals surface area contributed by atoms with E-state index in [1.54, 1.807) is 0 Å². The molecular weight excluding hydrogens is 763 g/mol. The van der Waals surface area contributed by atoms with Crippen molar-refractivity contribution in [3.8, 4) is 0 Å². The largest absolute Gasteiger partial charge is 0.472 e. The number of phosphoric ester groups is 1. The van der Waals surface area contributed by atoms with Gasteiger partial charge in [0.05, 0.1) is 19.8 Å². The van der Waals surface area contributed by atoms with E-state index >= 15 is 0 Å². The molecule has 6 atom stereocenters. The smallest absolute Gasteiger partial charge is 0.457 e. The zero-order valence-corrected chi connectivity index (χ0v) is 35.4. The average Bonchev–Trinajstić information content (AvgIpc) is 3.21. The van der Waals surface area contributed by atoms with E-state index in [0.717, 1.165) is 70.6 Å². The van der Waals surface area contributed by atoms with E-state index in [1.165, 1.54) is 0 Å². The summed E-state index contributed by atoms with van der Waals surface area (Å²) in [6.45, 7) is 3.73. The van der Waals surface area contributed by atoms with E-state index in [1.807, 2.05) is 12.2 Å². The molecule has 0 heterocycles. The number of carbonyl (C=O) groups excluding carboxylic acids is 1. The maximum atomic E-state index is 12.8. The molecule has 1 aliphatic rings. The molecule has 0 aromatic rings. The van der Waals surface area contributed by atoms with Gasteiger partial charge in [0, 0.05) is 6.42 Å². The predicted molar refractivity (Wildman–Crippen MR) is 230 cm³/mol. The van der Waals surface area contributed by atoms with Gasteiger partial charge in [-0.15, -0.1) is 0 Å². The van der Waals surface area contributed by atoms with Gasteiger partial charge in [0.15, 0.2) is 0 Å². The summed E-state index contributed by atoms with van der Waals surface area (Å²) in [4.78, 5) is 23.1. The lowest BCUT2D eigenvalue weighted by atomic mass is 9.85. The minimum atomic E-state index is -5.05. The Morgan fingerprint density at radius 3 is 1.40 bits per heavy atom. The number of hydrogen-bond donors (Lipinski definition) is 6. The van der Waals surface area contributed by atoms with Crippen molar-refractivity contribution in [3.63, 3.8) is 0 Å². The number of hydrogen-bond acceptors (Lipinski definition) is 11. The van der Waals surface area contributed by atoms with E-state index < -0.39 is 63.1 Å². The highest BCUT2D eigenvalue weighted by molar-refractivity contribution is 7.47. The van der Waals surface area contributed by atoms with Gasteiger partial charge in [0.2, 0.25) is 0 Å². The first kappa shape index (κ1) is 53.0. The van der Waals surface area contributed by atoms with Crippen molar-refractivity contribution in [3.05, 3.63) is 109 Å². The molecule has 0 spiro atoms. The molecule has 0 radical (unpaired) electrons. The van der Waals surface area contributed by atoms with Gasteiger partial charge >= 0.3 is 13.8 Å². The topological polar surface area (TPSA) is 192 Å². The fourth-order valence-electron chi connectivity index (χ4n) is 5.41. The Hall–Kier alpha value is -3.00. The molecule has 13 heteroatoms. The van der Waals surface area contributed by atoms with Crippen molar-refractivity contribution < 1.29 is 58.3 Å². The average molecular weight is 835 g/mol. The van der Waals surface area contributed by atoms with Gasteiger partial charge in [-0.05, 0) is 83.5 Å². The fourth-order valence-corrected chi connectivity index (χ4v) is 6.38. The molecule has 0 aromatic carbocycles. The fraction of sp³-hybridized carbons (Fsp3) is 0.578. The highest BCUT2D eigenvalue weighted by atomic mass is 31.2. The molecule has 1 aliphatic carbocycles. The van der Waals surface area contributed by atoms with Crippen LogP contribution in [-0.2, 0) is 27.9 Å². The van der Waals surface area contributed by atoms with Crippen molar-refractivity contribution in [2.75, 3.05) is 19.8 Å². The van der Waals surface area contributed by atoms with Gasteiger partial charge in [0.1, 0.15) is 42.7 Å². The summed E-state index contributed by atoms with van der Waals surface area (Å²) in [6.07, 6.45) is 36.2. The number of unbranched alkanes of at least 4 members (excludes halogenated alkanes) is 2. The van der Waals surface area contributed by atoms with Crippen LogP contribution in [0.5, 0.6) is 0 Å². The summed E-state index contributed by atoms with van der Waals surface area (Å²) < 4.78 is 33.9. The molecule has 12 nitrogen and oxygen atoms in total. The normalized spacial score (nSPS) is 23.8. The Bertz CT molecular complexity index is 1370. The van der Waals surface area contributed by atoms with Gasteiger partial charge in [-0.25, -0.2) is 4.57 Å². The molecule has 0 saturated heterocycles. The summed E-state index contributed by atoms with van der Waals surface area (Å²) in [6, 6.07) is 0. The highest BCUT2D eigenvalue weighted by Crippen LogP contribution is 2.47. The summed E-state index contributed by atoms with van der Waals surface area (Å²) in [5.74, 6) is -0.549. The van der Waals surface area contributed by atoms with Gasteiger partial charge in [-0.2, -0.15) is 0 Å². The van der Waals surface area contributed by atoms with Gasteiger partial charge in [-0.3, -0.25) is 13.8 Å². The van der Waals surface area contributed by atoms with Crippen LogP contribution in [-0.4, -0.2) is 98.9 Å². The van der Waals surface area contributed by atoms with Crippen LogP contribution in [0, 0.1) is 0 Å². The minimum absolute atomic E-state index is 0.107. The summed E-state index contributed by atoms with van der Waals surface area (Å²) in [5.41, 5.74) is 0. The van der Waals surface area contributed by atoms with Gasteiger partial charge in [-0.1, -0.05) is 123 Å². The van der Waals surface area contributed by atoms with Crippen molar-refractivity contribution >= 4 is 13.8 Å². The second-order valence-corrected chi connectivity index (χ2v) is 15.1. The Kier molecular flexibility index (Phi) is 31.8. The predicted octanol–water partition coefficient (Wildman–Crippen LogP) is 7.74. The first-order valence-corrected chi connectivity index (χ1v) is 22.2. The Labute approximate surface area is 347 Å². The maximum absolute atomic E-state index is 12.8. The van der Waals surface area contributed by atoms with Crippen LogP contribution in [0.3, 0.4) is 0 Å². The first-order valence-electron chi connectivity index (χ1n) is 20.7. The number of carbonyl (C=O) groups is 1. The Morgan fingerprint density at radius 2 is 0.948 bits per heavy atom. The SMILES string of the molecule is CC/C=C\C/C=C\C/C=C\C/C=C\C/C=C\CCOCC(COP(=O)(O)OC1C(O)C(O)C(O)C(O)C1O)OC(=O)CCCC/C=C\C/C=C\C/C=C\C/C=C\CC. The lowest BCUT2D eigenvalue weighted by molar-refractivity contribution is -0.220. The molecular formula is C45H71O12P. The van der Waals surface area contributed by atoms with Crippen molar-refractivity contribution in [1.82, 2.24) is 0 Å². The molecule has 1 fully saturated rings. The lowest BCUT2D eigenvalue weighted by Crippen LogP contribution is -2.64. The second-order valence-electron chi connectivity index (χ2n) is 13.7. The van der Waals surface area contributed by atoms with Gasteiger partial charge in [0.25, 0.3) is 0 Å². The summed E-state index contributed by atoms with van der Waals surface area (Å²) in [7, 11) is -5.05. The molecule has 0 amide bonds. The molecule has 58 heavy (non-hydrogen) atoms. The van der Waals surface area contributed by atoms with E-state index in [0.29, 0.717) is 12.8 Å². The monoisotopic (exact) mass is 834 g/mol. The second kappa shape index (κ2) is 34.8. The number of phosphoric acid groups is 1. The van der Waals surface area contributed by atoms with Crippen LogP contribution < -0.4 is 0 Å². The van der Waals surface area contributed by atoms with Crippen LogP contribution >= 0.6 is 7.82 Å². The van der Waals surface area contributed by atoms with E-state index in [9.17, 15) is 39.8 Å². The molecule has 328 valence electrons. The van der Waals surface area contributed by atoms with Crippen LogP contribution in [0.4, 0.5) is 0 Å². The molecule has 0 aromatic heterocycles. The van der Waals surface area contributed by atoms with Crippen LogP contribution in [0.15, 0.2) is 109 Å². The third-order valence-electron chi connectivity index (χ3n) is 8.66. The third-order valence-corrected chi connectivity index (χ3v) is 9.65. The Morgan fingerprint density at radius 1 is 0.552 bits per heavy atom. The summed E-state index contributed by atoms with van der Waals surface area (Å²) in [5, 5.41) is 50.1. The molecule has 0 bridgehead atoms. The van der Waals surface area contributed by atoms with E-state index in [-0.39, 0.29) is 19.6 Å². The van der Waals surface area contributed by atoms with Crippen molar-refractivity contribution in [1.29, 1.82) is 0 Å². The summed E-state index contributed by atoms with van der Waals surface area (Å²) >= 11 is 0. The molecule has 6 N–H and O–H groups in total. The zero-order valence-electron chi connectivity index (χ0n) is 34.5. The maximum Gasteiger partial charge on any atom is 0.472 e. The zero-order chi connectivity index (χ0) is 42.7. The number of allylic oxidation sites excluding steroid dienone is 17. The first-order chi connectivity index (χ1) is 28.0. The van der Waals surface area contributed by atoms with E-state index in [2.05, 4.69) is 111 Å². The van der Waals surface area contributed by atoms with Crippen molar-refractivity contribution in [2.45, 2.75) is 146 Å². The minimum Gasteiger partial charge on any atom is -0.457 e. The van der Waals surface area contributed by atoms with E-state index in [4.69, 9.17) is 18.5 Å². The van der Waals surface area contributed by atoms with Crippen LogP contribution in [0.25, 0.3) is 0 Å². The molecule has 1 rings (SSSR count). The third kappa shape index (κ3) is 26.9. The number of rotatable bonds is 32. The number of aliphatic hydroxyl groups excluding tert-OH is 5. The van der Waals surface area contributed by atoms with Crippen molar-refractivity contribution in [2.24, 2.45) is 0 Å². The number of esters is 1. The Balaban J connectivity index is 2.55. The standard InChI is InChI=1S/C45H71O12P/c1-3-5-7-9-11-13-15-17-19-21-23-25-27-29-31-33-35-54-36-38(37-55-58(52,53)57-45-43(50)41(48)40(47)42(49)44(45)51)56-39(46)34-32-30-28-26-24-22-20-18-16-14-12-10-8-6-4-2/h5-8,11-14,17-20,23-26,29,31,38,40-45,47-51H,3-4,9-10,15-16,21-22,27-28,30,32-37H2,1-2H3,(H,52,53)/b7-5-,8-6-,13-11-,14-12-,19-17-,20-18-,25-23-,26-24-,31-29-. The number of ether oxygens (including phenoxy) is 2. The van der Waals surface area contributed by atoms with Crippen LogP contribution in [0.2, 0.25) is 0 Å². The molecule has 6 unspecified atom stereocenters.